The molecule has 0 radical (unpaired) electrons. The van der Waals surface area contributed by atoms with Crippen LogP contribution in [0.4, 0.5) is 10.1 Å². The fourth-order valence-corrected chi connectivity index (χ4v) is 1.67. The minimum absolute atomic E-state index is 0.0315. The maximum atomic E-state index is 13.4. The average molecular weight is 343 g/mol. The minimum atomic E-state index is -0.691. The van der Waals surface area contributed by atoms with Crippen molar-refractivity contribution in [3.05, 3.63) is 50.5 Å². The predicted molar refractivity (Wildman–Crippen MR) is 70.8 cm³/mol. The average Bonchev–Trinajstić information content (AvgIpc) is 2.43. The molecule has 20 heavy (non-hydrogen) atoms. The van der Waals surface area contributed by atoms with Crippen molar-refractivity contribution in [1.82, 2.24) is 9.97 Å². The van der Waals surface area contributed by atoms with Gasteiger partial charge >= 0.3 is 11.7 Å². The van der Waals surface area contributed by atoms with Gasteiger partial charge in [0.05, 0.1) is 9.40 Å². The van der Waals surface area contributed by atoms with Crippen LogP contribution in [0.15, 0.2) is 29.0 Å². The molecule has 7 nitrogen and oxygen atoms in total. The quantitative estimate of drug-likeness (QED) is 0.676. The van der Waals surface area contributed by atoms with Gasteiger partial charge in [0.15, 0.2) is 0 Å². The second kappa shape index (κ2) is 5.88. The third-order valence-electron chi connectivity index (χ3n) is 2.32. The Balaban J connectivity index is 2.36. The summed E-state index contributed by atoms with van der Waals surface area (Å²) < 4.78 is 18.5. The van der Waals surface area contributed by atoms with Gasteiger partial charge in [-0.2, -0.15) is 0 Å². The molecule has 1 heterocycles. The number of aromatic nitrogens is 2. The summed E-state index contributed by atoms with van der Waals surface area (Å²) in [6, 6.07) is 1.77. The fourth-order valence-electron chi connectivity index (χ4n) is 1.34. The molecule has 2 rings (SSSR count). The van der Waals surface area contributed by atoms with Crippen LogP contribution in [-0.2, 0) is 6.54 Å². The number of nitro groups is 1. The molecule has 0 saturated carbocycles. The lowest BCUT2D eigenvalue weighted by atomic mass is 10.3. The molecule has 1 aromatic carbocycles. The molecule has 0 spiro atoms. The SMILES string of the molecule is NCc1cnc(Oc2cc(F)c(Br)cc2[N+](=O)[O-])nc1. The molecule has 0 bridgehead atoms. The molecule has 0 aliphatic rings. The summed E-state index contributed by atoms with van der Waals surface area (Å²) in [5, 5.41) is 10.9. The van der Waals surface area contributed by atoms with Gasteiger partial charge in [0.1, 0.15) is 5.82 Å². The van der Waals surface area contributed by atoms with Gasteiger partial charge in [0.2, 0.25) is 5.75 Å². The lowest BCUT2D eigenvalue weighted by Crippen LogP contribution is -2.01. The number of nitrogens with zero attached hydrogens (tertiary/aromatic N) is 3. The number of ether oxygens (including phenoxy) is 1. The van der Waals surface area contributed by atoms with Gasteiger partial charge in [0.25, 0.3) is 0 Å². The maximum absolute atomic E-state index is 13.4. The Kier molecular flexibility index (Phi) is 4.20. The van der Waals surface area contributed by atoms with Gasteiger partial charge in [-0.3, -0.25) is 10.1 Å². The summed E-state index contributed by atoms with van der Waals surface area (Å²) >= 11 is 2.87. The molecule has 0 aliphatic carbocycles. The number of rotatable bonds is 4. The van der Waals surface area contributed by atoms with Crippen molar-refractivity contribution in [2.75, 3.05) is 0 Å². The first-order valence-corrected chi connectivity index (χ1v) is 6.13. The van der Waals surface area contributed by atoms with Crippen molar-refractivity contribution in [3.63, 3.8) is 0 Å². The molecule has 2 aromatic rings. The van der Waals surface area contributed by atoms with E-state index in [1.807, 2.05) is 0 Å². The van der Waals surface area contributed by atoms with Gasteiger partial charge in [0, 0.05) is 36.6 Å². The predicted octanol–water partition coefficient (Wildman–Crippen LogP) is 2.54. The first-order chi connectivity index (χ1) is 9.51. The van der Waals surface area contributed by atoms with E-state index in [1.165, 1.54) is 12.4 Å². The van der Waals surface area contributed by atoms with Crippen molar-refractivity contribution < 1.29 is 14.1 Å². The Bertz CT molecular complexity index is 651. The molecule has 104 valence electrons. The normalized spacial score (nSPS) is 10.3. The van der Waals surface area contributed by atoms with Crippen LogP contribution in [0.3, 0.4) is 0 Å². The van der Waals surface area contributed by atoms with Crippen LogP contribution in [0.2, 0.25) is 0 Å². The van der Waals surface area contributed by atoms with Gasteiger partial charge in [-0.15, -0.1) is 0 Å². The summed E-state index contributed by atoms with van der Waals surface area (Å²) in [6.45, 7) is 0.257. The summed E-state index contributed by atoms with van der Waals surface area (Å²) in [6.07, 6.45) is 2.84. The van der Waals surface area contributed by atoms with E-state index in [0.717, 1.165) is 12.1 Å². The van der Waals surface area contributed by atoms with Crippen LogP contribution in [0.5, 0.6) is 11.8 Å². The second-order valence-corrected chi connectivity index (χ2v) is 4.53. The zero-order chi connectivity index (χ0) is 14.7. The third-order valence-corrected chi connectivity index (χ3v) is 2.92. The third kappa shape index (κ3) is 3.06. The Hall–Kier alpha value is -2.13. The van der Waals surface area contributed by atoms with Crippen molar-refractivity contribution in [1.29, 1.82) is 0 Å². The van der Waals surface area contributed by atoms with E-state index in [0.29, 0.717) is 5.56 Å². The molecule has 1 aromatic heterocycles. The number of nitrogens with two attached hydrogens (primary N) is 1. The number of benzene rings is 1. The molecule has 0 amide bonds. The number of nitro benzene ring substituents is 1. The molecule has 0 aliphatic heterocycles. The maximum Gasteiger partial charge on any atom is 0.322 e. The van der Waals surface area contributed by atoms with Gasteiger partial charge < -0.3 is 10.5 Å². The largest absolute Gasteiger partial charge is 0.417 e. The number of hydrogen-bond donors (Lipinski definition) is 1. The summed E-state index contributed by atoms with van der Waals surface area (Å²) in [5.41, 5.74) is 5.66. The Labute approximate surface area is 120 Å². The molecule has 0 atom stereocenters. The highest BCUT2D eigenvalue weighted by atomic mass is 79.9. The van der Waals surface area contributed by atoms with Crippen LogP contribution in [-0.4, -0.2) is 14.9 Å². The van der Waals surface area contributed by atoms with Crippen LogP contribution < -0.4 is 10.5 Å². The standard InChI is InChI=1S/C11H8BrFN4O3/c12-7-1-9(17(18)19)10(2-8(7)13)20-11-15-4-6(3-14)5-16-11/h1-2,4-5H,3,14H2. The first kappa shape index (κ1) is 14.3. The van der Waals surface area contributed by atoms with E-state index in [4.69, 9.17) is 10.5 Å². The van der Waals surface area contributed by atoms with Crippen LogP contribution in [0.25, 0.3) is 0 Å². The molecule has 2 N–H and O–H groups in total. The highest BCUT2D eigenvalue weighted by Gasteiger charge is 2.20. The molecule has 0 fully saturated rings. The van der Waals surface area contributed by atoms with E-state index in [2.05, 4.69) is 25.9 Å². The van der Waals surface area contributed by atoms with Gasteiger partial charge in [-0.25, -0.2) is 14.4 Å². The van der Waals surface area contributed by atoms with Crippen molar-refractivity contribution in [2.45, 2.75) is 6.54 Å². The topological polar surface area (TPSA) is 104 Å². The van der Waals surface area contributed by atoms with E-state index < -0.39 is 16.4 Å². The van der Waals surface area contributed by atoms with E-state index in [1.54, 1.807) is 0 Å². The Morgan fingerprint density at radius 1 is 1.40 bits per heavy atom. The zero-order valence-electron chi connectivity index (χ0n) is 9.92. The highest BCUT2D eigenvalue weighted by molar-refractivity contribution is 9.10. The monoisotopic (exact) mass is 342 g/mol. The smallest absolute Gasteiger partial charge is 0.322 e. The Morgan fingerprint density at radius 2 is 2.05 bits per heavy atom. The van der Waals surface area contributed by atoms with Crippen LogP contribution >= 0.6 is 15.9 Å². The van der Waals surface area contributed by atoms with Crippen LogP contribution in [0, 0.1) is 15.9 Å². The molecular formula is C11H8BrFN4O3. The summed E-state index contributed by atoms with van der Waals surface area (Å²) in [4.78, 5) is 17.9. The highest BCUT2D eigenvalue weighted by Crippen LogP contribution is 2.34. The van der Waals surface area contributed by atoms with Crippen molar-refractivity contribution in [2.24, 2.45) is 5.73 Å². The lowest BCUT2D eigenvalue weighted by Gasteiger charge is -2.06. The summed E-state index contributed by atoms with van der Waals surface area (Å²) in [7, 11) is 0. The molecule has 0 unspecified atom stereocenters. The minimum Gasteiger partial charge on any atom is -0.417 e. The fraction of sp³-hybridized carbons (Fsp3) is 0.0909. The van der Waals surface area contributed by atoms with E-state index >= 15 is 0 Å². The van der Waals surface area contributed by atoms with E-state index in [-0.39, 0.29) is 22.8 Å². The number of halogens is 2. The van der Waals surface area contributed by atoms with Gasteiger partial charge in [-0.1, -0.05) is 0 Å². The number of hydrogen-bond acceptors (Lipinski definition) is 6. The Morgan fingerprint density at radius 3 is 2.60 bits per heavy atom. The van der Waals surface area contributed by atoms with Crippen molar-refractivity contribution >= 4 is 21.6 Å². The molecule has 9 heteroatoms. The second-order valence-electron chi connectivity index (χ2n) is 3.67. The zero-order valence-corrected chi connectivity index (χ0v) is 11.5. The molecule has 0 saturated heterocycles. The first-order valence-electron chi connectivity index (χ1n) is 5.33. The van der Waals surface area contributed by atoms with E-state index in [9.17, 15) is 14.5 Å². The molecular weight excluding hydrogens is 335 g/mol. The van der Waals surface area contributed by atoms with Crippen molar-refractivity contribution in [3.8, 4) is 11.8 Å². The lowest BCUT2D eigenvalue weighted by molar-refractivity contribution is -0.385. The van der Waals surface area contributed by atoms with Crippen LogP contribution in [0.1, 0.15) is 5.56 Å². The summed E-state index contributed by atoms with van der Waals surface area (Å²) in [5.74, 6) is -0.972. The van der Waals surface area contributed by atoms with Gasteiger partial charge in [-0.05, 0) is 15.9 Å².